The molecule has 1 amide bonds. The Kier molecular flexibility index (Phi) is 5.45. The van der Waals surface area contributed by atoms with Gasteiger partial charge in [0.2, 0.25) is 15.0 Å². The van der Waals surface area contributed by atoms with Gasteiger partial charge in [0.05, 0.1) is 5.75 Å². The van der Waals surface area contributed by atoms with E-state index in [-0.39, 0.29) is 29.9 Å². The molecule has 0 saturated carbocycles. The van der Waals surface area contributed by atoms with Crippen LogP contribution in [-0.2, 0) is 13.8 Å². The van der Waals surface area contributed by atoms with Crippen molar-refractivity contribution in [1.29, 1.82) is 0 Å². The van der Waals surface area contributed by atoms with E-state index in [0.717, 1.165) is 11.1 Å². The third kappa shape index (κ3) is 4.83. The Morgan fingerprint density at radius 1 is 1.00 bits per heavy atom. The van der Waals surface area contributed by atoms with Gasteiger partial charge in [-0.2, -0.15) is 0 Å². The van der Waals surface area contributed by atoms with Gasteiger partial charge in [-0.25, -0.2) is 8.42 Å². The van der Waals surface area contributed by atoms with Gasteiger partial charge in [0.25, 0.3) is 0 Å². The number of carbonyl (C=O) groups excluding carboxylic acids is 1. The minimum Gasteiger partial charge on any atom is -0.341 e. The molecule has 0 bridgehead atoms. The van der Waals surface area contributed by atoms with Crippen molar-refractivity contribution >= 4 is 25.6 Å². The van der Waals surface area contributed by atoms with Crippen molar-refractivity contribution < 1.29 is 13.2 Å². The fourth-order valence-electron chi connectivity index (χ4n) is 3.42. The third-order valence-electron chi connectivity index (χ3n) is 4.54. The van der Waals surface area contributed by atoms with Crippen LogP contribution in [0, 0.1) is 5.92 Å². The van der Waals surface area contributed by atoms with E-state index in [0.29, 0.717) is 13.1 Å². The number of benzene rings is 2. The van der Waals surface area contributed by atoms with Crippen LogP contribution < -0.4 is 0 Å². The zero-order chi connectivity index (χ0) is 17.9. The van der Waals surface area contributed by atoms with Gasteiger partial charge in [-0.05, 0) is 11.1 Å². The van der Waals surface area contributed by atoms with Gasteiger partial charge < -0.3 is 4.90 Å². The molecule has 1 fully saturated rings. The quantitative estimate of drug-likeness (QED) is 0.726. The number of nitrogens with zero attached hydrogens (tertiary/aromatic N) is 1. The van der Waals surface area contributed by atoms with E-state index in [2.05, 4.69) is 24.3 Å². The zero-order valence-electron chi connectivity index (χ0n) is 13.7. The molecule has 25 heavy (non-hydrogen) atoms. The average molecular weight is 378 g/mol. The maximum atomic E-state index is 12.4. The van der Waals surface area contributed by atoms with Crippen LogP contribution in [-0.4, -0.2) is 38.1 Å². The van der Waals surface area contributed by atoms with Crippen molar-refractivity contribution in [2.45, 2.75) is 12.3 Å². The molecule has 4 nitrogen and oxygen atoms in total. The molecule has 0 radical (unpaired) electrons. The number of amides is 1. The van der Waals surface area contributed by atoms with Gasteiger partial charge in [0, 0.05) is 42.0 Å². The van der Waals surface area contributed by atoms with Crippen LogP contribution in [0.25, 0.3) is 0 Å². The largest absolute Gasteiger partial charge is 0.341 e. The fourth-order valence-corrected chi connectivity index (χ4v) is 4.74. The van der Waals surface area contributed by atoms with Crippen LogP contribution in [0.15, 0.2) is 60.7 Å². The van der Waals surface area contributed by atoms with E-state index in [1.165, 1.54) is 0 Å². The van der Waals surface area contributed by atoms with Gasteiger partial charge in [-0.1, -0.05) is 60.7 Å². The molecule has 1 aliphatic heterocycles. The monoisotopic (exact) mass is 377 g/mol. The minimum absolute atomic E-state index is 0.0119. The first-order chi connectivity index (χ1) is 11.9. The first-order valence-corrected chi connectivity index (χ1v) is 10.7. The third-order valence-corrected chi connectivity index (χ3v) is 5.78. The van der Waals surface area contributed by atoms with Crippen molar-refractivity contribution in [2.75, 3.05) is 18.8 Å². The summed E-state index contributed by atoms with van der Waals surface area (Å²) in [5, 5.41) is 0. The highest BCUT2D eigenvalue weighted by molar-refractivity contribution is 8.13. The Morgan fingerprint density at radius 2 is 1.52 bits per heavy atom. The number of hydrogen-bond donors (Lipinski definition) is 0. The molecule has 1 atom stereocenters. The van der Waals surface area contributed by atoms with Crippen molar-refractivity contribution in [1.82, 2.24) is 4.90 Å². The fraction of sp³-hybridized carbons (Fsp3) is 0.316. The normalized spacial score (nSPS) is 18.1. The highest BCUT2D eigenvalue weighted by Gasteiger charge is 2.33. The van der Waals surface area contributed by atoms with Crippen molar-refractivity contribution in [2.24, 2.45) is 5.92 Å². The topological polar surface area (TPSA) is 54.5 Å². The maximum Gasteiger partial charge on any atom is 0.232 e. The Balaban J connectivity index is 1.80. The summed E-state index contributed by atoms with van der Waals surface area (Å²) in [5.41, 5.74) is 2.27. The summed E-state index contributed by atoms with van der Waals surface area (Å²) in [6.07, 6.45) is 0.238. The summed E-state index contributed by atoms with van der Waals surface area (Å²) in [7, 11) is 1.75. The Bertz CT molecular complexity index is 785. The molecule has 0 aliphatic carbocycles. The second-order valence-electron chi connectivity index (χ2n) is 6.45. The first-order valence-electron chi connectivity index (χ1n) is 8.22. The van der Waals surface area contributed by atoms with Crippen LogP contribution in [0.3, 0.4) is 0 Å². The van der Waals surface area contributed by atoms with Gasteiger partial charge in [0.15, 0.2) is 0 Å². The molecule has 3 rings (SSSR count). The second-order valence-corrected chi connectivity index (χ2v) is 9.27. The van der Waals surface area contributed by atoms with E-state index >= 15 is 0 Å². The summed E-state index contributed by atoms with van der Waals surface area (Å²) < 4.78 is 22.6. The minimum atomic E-state index is -3.59. The molecule has 132 valence electrons. The van der Waals surface area contributed by atoms with Crippen molar-refractivity contribution in [3.8, 4) is 0 Å². The van der Waals surface area contributed by atoms with Crippen LogP contribution in [0.2, 0.25) is 0 Å². The molecule has 2 aromatic rings. The molecular formula is C19H20ClNO3S. The molecule has 0 N–H and O–H groups in total. The lowest BCUT2D eigenvalue weighted by Crippen LogP contribution is -2.31. The maximum absolute atomic E-state index is 12.4. The van der Waals surface area contributed by atoms with E-state index in [4.69, 9.17) is 10.7 Å². The molecule has 1 heterocycles. The Hall–Kier alpha value is -1.85. The van der Waals surface area contributed by atoms with Gasteiger partial charge in [-0.15, -0.1) is 0 Å². The Labute approximate surface area is 152 Å². The number of hydrogen-bond acceptors (Lipinski definition) is 3. The summed E-state index contributed by atoms with van der Waals surface area (Å²) in [4.78, 5) is 14.1. The highest BCUT2D eigenvalue weighted by atomic mass is 35.7. The molecule has 0 spiro atoms. The lowest BCUT2D eigenvalue weighted by Gasteiger charge is -2.25. The summed E-state index contributed by atoms with van der Waals surface area (Å²) in [6.45, 7) is 0.965. The lowest BCUT2D eigenvalue weighted by atomic mass is 9.91. The van der Waals surface area contributed by atoms with Crippen molar-refractivity contribution in [3.63, 3.8) is 0 Å². The summed E-state index contributed by atoms with van der Waals surface area (Å²) >= 11 is 0. The molecule has 1 unspecified atom stereocenters. The van der Waals surface area contributed by atoms with Crippen LogP contribution in [0.4, 0.5) is 0 Å². The standard InChI is InChI=1S/C19H20ClNO3S/c20-25(23,24)14-15-11-19(22)21(12-15)13-18(16-7-3-1-4-8-16)17-9-5-2-6-10-17/h1-10,15,18H,11-14H2. The smallest absolute Gasteiger partial charge is 0.232 e. The average Bonchev–Trinajstić information content (AvgIpc) is 2.91. The second kappa shape index (κ2) is 7.58. The molecule has 1 aliphatic rings. The number of likely N-dealkylation sites (tertiary alicyclic amines) is 1. The van der Waals surface area contributed by atoms with Crippen LogP contribution >= 0.6 is 10.7 Å². The molecule has 6 heteroatoms. The van der Waals surface area contributed by atoms with E-state index < -0.39 is 9.05 Å². The lowest BCUT2D eigenvalue weighted by molar-refractivity contribution is -0.127. The SMILES string of the molecule is O=C1CC(CS(=O)(=O)Cl)CN1CC(c1ccccc1)c1ccccc1. The molecule has 1 saturated heterocycles. The summed E-state index contributed by atoms with van der Waals surface area (Å²) in [5.74, 6) is -0.347. The number of rotatable bonds is 6. The van der Waals surface area contributed by atoms with E-state index in [1.54, 1.807) is 4.90 Å². The van der Waals surface area contributed by atoms with E-state index in [9.17, 15) is 13.2 Å². The molecule has 2 aromatic carbocycles. The van der Waals surface area contributed by atoms with Crippen LogP contribution in [0.5, 0.6) is 0 Å². The van der Waals surface area contributed by atoms with Gasteiger partial charge in [0.1, 0.15) is 0 Å². The van der Waals surface area contributed by atoms with Crippen molar-refractivity contribution in [3.05, 3.63) is 71.8 Å². The summed E-state index contributed by atoms with van der Waals surface area (Å²) in [6, 6.07) is 20.1. The van der Waals surface area contributed by atoms with Gasteiger partial charge in [-0.3, -0.25) is 4.79 Å². The Morgan fingerprint density at radius 3 is 2.00 bits per heavy atom. The number of halogens is 1. The zero-order valence-corrected chi connectivity index (χ0v) is 15.3. The van der Waals surface area contributed by atoms with Crippen LogP contribution in [0.1, 0.15) is 23.5 Å². The first kappa shape index (κ1) is 18.0. The highest BCUT2D eigenvalue weighted by Crippen LogP contribution is 2.29. The van der Waals surface area contributed by atoms with Gasteiger partial charge >= 0.3 is 0 Å². The number of carbonyl (C=O) groups is 1. The molecule has 0 aromatic heterocycles. The van der Waals surface area contributed by atoms with E-state index in [1.807, 2.05) is 36.4 Å². The predicted molar refractivity (Wildman–Crippen MR) is 99.1 cm³/mol. The molecular weight excluding hydrogens is 358 g/mol. The predicted octanol–water partition coefficient (Wildman–Crippen LogP) is 3.24.